The van der Waals surface area contributed by atoms with Crippen molar-refractivity contribution in [1.82, 2.24) is 0 Å². The standard InChI is InChI=1S/C12H19N3/c1-3-10-4-6-11(7-5-10)15(2)9-8-12(13)14/h4-7H,3,8-9H2,1-2H3,(H3,13,14). The molecule has 0 aliphatic heterocycles. The van der Waals surface area contributed by atoms with Crippen LogP contribution in [0.15, 0.2) is 24.3 Å². The van der Waals surface area contributed by atoms with Gasteiger partial charge in [0.05, 0.1) is 5.84 Å². The third-order valence-electron chi connectivity index (χ3n) is 2.50. The Kier molecular flexibility index (Phi) is 4.16. The molecule has 1 aromatic carbocycles. The highest BCUT2D eigenvalue weighted by Gasteiger charge is 2.00. The molecule has 0 aliphatic carbocycles. The van der Waals surface area contributed by atoms with Gasteiger partial charge in [0.15, 0.2) is 0 Å². The zero-order valence-electron chi connectivity index (χ0n) is 9.46. The summed E-state index contributed by atoms with van der Waals surface area (Å²) in [5.41, 5.74) is 7.84. The van der Waals surface area contributed by atoms with Gasteiger partial charge in [0.25, 0.3) is 0 Å². The second-order valence-electron chi connectivity index (χ2n) is 3.72. The van der Waals surface area contributed by atoms with Crippen LogP contribution in [-0.2, 0) is 6.42 Å². The molecule has 0 aromatic heterocycles. The topological polar surface area (TPSA) is 53.1 Å². The molecular formula is C12H19N3. The highest BCUT2D eigenvalue weighted by Crippen LogP contribution is 2.14. The average molecular weight is 205 g/mol. The predicted molar refractivity (Wildman–Crippen MR) is 65.6 cm³/mol. The van der Waals surface area contributed by atoms with Gasteiger partial charge in [-0.2, -0.15) is 0 Å². The molecule has 0 fully saturated rings. The smallest absolute Gasteiger partial charge is 0.0923 e. The second-order valence-corrected chi connectivity index (χ2v) is 3.72. The van der Waals surface area contributed by atoms with E-state index in [2.05, 4.69) is 36.1 Å². The summed E-state index contributed by atoms with van der Waals surface area (Å²) in [6.45, 7) is 2.94. The molecule has 82 valence electrons. The Balaban J connectivity index is 2.57. The molecule has 0 amide bonds. The summed E-state index contributed by atoms with van der Waals surface area (Å²) >= 11 is 0. The number of nitrogens with two attached hydrogens (primary N) is 1. The number of nitrogens with one attached hydrogen (secondary N) is 1. The number of nitrogens with zero attached hydrogens (tertiary/aromatic N) is 1. The van der Waals surface area contributed by atoms with Crippen LogP contribution in [0.5, 0.6) is 0 Å². The minimum atomic E-state index is 0.243. The van der Waals surface area contributed by atoms with Crippen molar-refractivity contribution in [2.75, 3.05) is 18.5 Å². The van der Waals surface area contributed by atoms with Gasteiger partial charge in [-0.15, -0.1) is 0 Å². The van der Waals surface area contributed by atoms with E-state index >= 15 is 0 Å². The zero-order valence-corrected chi connectivity index (χ0v) is 9.46. The van der Waals surface area contributed by atoms with E-state index in [0.717, 1.165) is 13.0 Å². The van der Waals surface area contributed by atoms with E-state index < -0.39 is 0 Å². The lowest BCUT2D eigenvalue weighted by Crippen LogP contribution is -2.23. The molecule has 1 aromatic rings. The number of amidine groups is 1. The molecule has 0 bridgehead atoms. The van der Waals surface area contributed by atoms with E-state index in [9.17, 15) is 0 Å². The van der Waals surface area contributed by atoms with Gasteiger partial charge in [-0.25, -0.2) is 0 Å². The maximum Gasteiger partial charge on any atom is 0.0923 e. The Bertz CT molecular complexity index is 316. The van der Waals surface area contributed by atoms with Crippen LogP contribution < -0.4 is 10.6 Å². The number of hydrogen-bond donors (Lipinski definition) is 2. The molecule has 3 N–H and O–H groups in total. The zero-order chi connectivity index (χ0) is 11.3. The lowest BCUT2D eigenvalue weighted by molar-refractivity contribution is 0.910. The monoisotopic (exact) mass is 205 g/mol. The summed E-state index contributed by atoms with van der Waals surface area (Å²) in [7, 11) is 2.02. The van der Waals surface area contributed by atoms with E-state index in [1.165, 1.54) is 11.3 Å². The summed E-state index contributed by atoms with van der Waals surface area (Å²) in [6, 6.07) is 8.50. The number of hydrogen-bond acceptors (Lipinski definition) is 2. The number of aryl methyl sites for hydroxylation is 1. The normalized spacial score (nSPS) is 10.0. The first-order chi connectivity index (χ1) is 7.13. The highest BCUT2D eigenvalue weighted by atomic mass is 15.1. The number of anilines is 1. The van der Waals surface area contributed by atoms with Crippen molar-refractivity contribution in [3.05, 3.63) is 29.8 Å². The SMILES string of the molecule is CCc1ccc(N(C)CCC(=N)N)cc1. The van der Waals surface area contributed by atoms with Gasteiger partial charge in [-0.05, 0) is 24.1 Å². The van der Waals surface area contributed by atoms with Crippen molar-refractivity contribution in [1.29, 1.82) is 5.41 Å². The van der Waals surface area contributed by atoms with Gasteiger partial charge >= 0.3 is 0 Å². The Morgan fingerprint density at radius 1 is 1.33 bits per heavy atom. The minimum Gasteiger partial charge on any atom is -0.388 e. The maximum absolute atomic E-state index is 7.17. The van der Waals surface area contributed by atoms with Gasteiger partial charge in [0.2, 0.25) is 0 Å². The van der Waals surface area contributed by atoms with E-state index in [1.807, 2.05) is 7.05 Å². The molecule has 0 heterocycles. The molecule has 15 heavy (non-hydrogen) atoms. The maximum atomic E-state index is 7.17. The largest absolute Gasteiger partial charge is 0.388 e. The Morgan fingerprint density at radius 2 is 1.93 bits per heavy atom. The Labute approximate surface area is 91.4 Å². The molecule has 0 spiro atoms. The van der Waals surface area contributed by atoms with Crippen LogP contribution in [0.3, 0.4) is 0 Å². The fourth-order valence-electron chi connectivity index (χ4n) is 1.40. The molecule has 0 aliphatic rings. The number of benzene rings is 1. The molecule has 3 heteroatoms. The van der Waals surface area contributed by atoms with Crippen LogP contribution in [0.4, 0.5) is 5.69 Å². The van der Waals surface area contributed by atoms with Crippen LogP contribution in [0.25, 0.3) is 0 Å². The Hall–Kier alpha value is -1.51. The lowest BCUT2D eigenvalue weighted by atomic mass is 10.1. The molecule has 1 rings (SSSR count). The van der Waals surface area contributed by atoms with Gasteiger partial charge in [0.1, 0.15) is 0 Å². The minimum absolute atomic E-state index is 0.243. The molecule has 3 nitrogen and oxygen atoms in total. The van der Waals surface area contributed by atoms with Gasteiger partial charge in [-0.3, -0.25) is 5.41 Å². The predicted octanol–water partition coefficient (Wildman–Crippen LogP) is 2.01. The third-order valence-corrected chi connectivity index (χ3v) is 2.50. The lowest BCUT2D eigenvalue weighted by Gasteiger charge is -2.19. The first kappa shape index (κ1) is 11.6. The average Bonchev–Trinajstić information content (AvgIpc) is 2.26. The molecule has 0 radical (unpaired) electrons. The van der Waals surface area contributed by atoms with Crippen LogP contribution in [-0.4, -0.2) is 19.4 Å². The fraction of sp³-hybridized carbons (Fsp3) is 0.417. The van der Waals surface area contributed by atoms with Crippen molar-refractivity contribution >= 4 is 11.5 Å². The third kappa shape index (κ3) is 3.62. The van der Waals surface area contributed by atoms with Crippen LogP contribution >= 0.6 is 0 Å². The molecule has 0 saturated carbocycles. The van der Waals surface area contributed by atoms with Crippen molar-refractivity contribution in [2.24, 2.45) is 5.73 Å². The summed E-state index contributed by atoms with van der Waals surface area (Å²) in [4.78, 5) is 2.11. The number of rotatable bonds is 5. The fourth-order valence-corrected chi connectivity index (χ4v) is 1.40. The first-order valence-corrected chi connectivity index (χ1v) is 5.26. The van der Waals surface area contributed by atoms with Gasteiger partial charge < -0.3 is 10.6 Å². The van der Waals surface area contributed by atoms with Crippen molar-refractivity contribution in [2.45, 2.75) is 19.8 Å². The first-order valence-electron chi connectivity index (χ1n) is 5.26. The Morgan fingerprint density at radius 3 is 2.40 bits per heavy atom. The molecule has 0 saturated heterocycles. The summed E-state index contributed by atoms with van der Waals surface area (Å²) in [6.07, 6.45) is 1.68. The second kappa shape index (κ2) is 5.39. The van der Waals surface area contributed by atoms with E-state index in [0.29, 0.717) is 6.42 Å². The van der Waals surface area contributed by atoms with E-state index in [-0.39, 0.29) is 5.84 Å². The van der Waals surface area contributed by atoms with Crippen LogP contribution in [0.2, 0.25) is 0 Å². The quantitative estimate of drug-likeness (QED) is 0.570. The molecule has 0 unspecified atom stereocenters. The molecule has 0 atom stereocenters. The van der Waals surface area contributed by atoms with Gasteiger partial charge in [0, 0.05) is 25.7 Å². The van der Waals surface area contributed by atoms with E-state index in [1.54, 1.807) is 0 Å². The van der Waals surface area contributed by atoms with Crippen LogP contribution in [0.1, 0.15) is 18.9 Å². The van der Waals surface area contributed by atoms with Crippen molar-refractivity contribution < 1.29 is 0 Å². The van der Waals surface area contributed by atoms with E-state index in [4.69, 9.17) is 11.1 Å². The summed E-state index contributed by atoms with van der Waals surface area (Å²) in [5.74, 6) is 0.243. The molecular weight excluding hydrogens is 186 g/mol. The van der Waals surface area contributed by atoms with Gasteiger partial charge in [-0.1, -0.05) is 19.1 Å². The summed E-state index contributed by atoms with van der Waals surface area (Å²) in [5, 5.41) is 7.17. The van der Waals surface area contributed by atoms with Crippen molar-refractivity contribution in [3.8, 4) is 0 Å². The van der Waals surface area contributed by atoms with Crippen molar-refractivity contribution in [3.63, 3.8) is 0 Å². The highest BCUT2D eigenvalue weighted by molar-refractivity contribution is 5.77. The van der Waals surface area contributed by atoms with Crippen LogP contribution in [0, 0.1) is 5.41 Å². The summed E-state index contributed by atoms with van der Waals surface area (Å²) < 4.78 is 0.